The predicted molar refractivity (Wildman–Crippen MR) is 69.6 cm³/mol. The lowest BCUT2D eigenvalue weighted by Gasteiger charge is -2.15. The molecule has 1 unspecified atom stereocenters. The van der Waals surface area contributed by atoms with Gasteiger partial charge in [-0.25, -0.2) is 4.39 Å². The quantitative estimate of drug-likeness (QED) is 0.780. The SMILES string of the molecule is OC(c1ccc(Br)cc1)c1cc(C(F)(F)F)ccc1F. The van der Waals surface area contributed by atoms with Crippen molar-refractivity contribution < 1.29 is 22.7 Å². The van der Waals surface area contributed by atoms with Crippen LogP contribution in [0.25, 0.3) is 0 Å². The van der Waals surface area contributed by atoms with E-state index in [1.807, 2.05) is 0 Å². The van der Waals surface area contributed by atoms with Gasteiger partial charge in [0.25, 0.3) is 0 Å². The van der Waals surface area contributed by atoms with Gasteiger partial charge in [-0.1, -0.05) is 28.1 Å². The number of hydrogen-bond acceptors (Lipinski definition) is 1. The summed E-state index contributed by atoms with van der Waals surface area (Å²) in [4.78, 5) is 0. The van der Waals surface area contributed by atoms with E-state index in [0.717, 1.165) is 4.47 Å². The summed E-state index contributed by atoms with van der Waals surface area (Å²) in [7, 11) is 0. The molecule has 0 fully saturated rings. The maximum Gasteiger partial charge on any atom is 0.416 e. The smallest absolute Gasteiger partial charge is 0.384 e. The molecule has 0 radical (unpaired) electrons. The van der Waals surface area contributed by atoms with Gasteiger partial charge >= 0.3 is 6.18 Å². The third-order valence-corrected chi connectivity index (χ3v) is 3.33. The summed E-state index contributed by atoms with van der Waals surface area (Å²) in [6.45, 7) is 0. The predicted octanol–water partition coefficient (Wildman–Crippen LogP) is 4.69. The molecule has 6 heteroatoms. The molecule has 20 heavy (non-hydrogen) atoms. The van der Waals surface area contributed by atoms with Gasteiger partial charge in [-0.05, 0) is 35.9 Å². The second-order valence-electron chi connectivity index (χ2n) is 4.19. The van der Waals surface area contributed by atoms with Crippen molar-refractivity contribution in [2.45, 2.75) is 12.3 Å². The molecule has 106 valence electrons. The first-order valence-electron chi connectivity index (χ1n) is 5.59. The van der Waals surface area contributed by atoms with Gasteiger partial charge in [-0.15, -0.1) is 0 Å². The first-order valence-corrected chi connectivity index (χ1v) is 6.38. The number of benzene rings is 2. The molecule has 1 nitrogen and oxygen atoms in total. The molecule has 0 saturated carbocycles. The van der Waals surface area contributed by atoms with Crippen LogP contribution in [-0.2, 0) is 6.18 Å². The summed E-state index contributed by atoms with van der Waals surface area (Å²) in [6.07, 6.45) is -6.03. The maximum absolute atomic E-state index is 13.6. The molecule has 0 amide bonds. The summed E-state index contributed by atoms with van der Waals surface area (Å²) in [6, 6.07) is 8.23. The molecule has 0 spiro atoms. The third-order valence-electron chi connectivity index (χ3n) is 2.80. The zero-order chi connectivity index (χ0) is 14.9. The fraction of sp³-hybridized carbons (Fsp3) is 0.143. The van der Waals surface area contributed by atoms with Crippen molar-refractivity contribution in [1.82, 2.24) is 0 Å². The van der Waals surface area contributed by atoms with E-state index in [9.17, 15) is 22.7 Å². The van der Waals surface area contributed by atoms with Crippen molar-refractivity contribution in [3.8, 4) is 0 Å². The highest BCUT2D eigenvalue weighted by molar-refractivity contribution is 9.10. The van der Waals surface area contributed by atoms with E-state index in [-0.39, 0.29) is 0 Å². The Morgan fingerprint density at radius 3 is 2.15 bits per heavy atom. The van der Waals surface area contributed by atoms with Crippen LogP contribution in [0.4, 0.5) is 17.6 Å². The second-order valence-corrected chi connectivity index (χ2v) is 5.10. The minimum atomic E-state index is -4.58. The molecule has 0 heterocycles. The van der Waals surface area contributed by atoms with Crippen LogP contribution in [0.5, 0.6) is 0 Å². The molecule has 1 N–H and O–H groups in total. The minimum absolute atomic E-state index is 0.312. The average Bonchev–Trinajstić information content (AvgIpc) is 2.38. The Hall–Kier alpha value is -1.40. The molecule has 0 bridgehead atoms. The lowest BCUT2D eigenvalue weighted by molar-refractivity contribution is -0.137. The van der Waals surface area contributed by atoms with Crippen molar-refractivity contribution in [1.29, 1.82) is 0 Å². The highest BCUT2D eigenvalue weighted by atomic mass is 79.9. The molecule has 0 aliphatic rings. The molecule has 2 aromatic rings. The van der Waals surface area contributed by atoms with Crippen molar-refractivity contribution in [2.24, 2.45) is 0 Å². The van der Waals surface area contributed by atoms with E-state index in [1.54, 1.807) is 12.1 Å². The van der Waals surface area contributed by atoms with Crippen molar-refractivity contribution in [3.05, 3.63) is 69.4 Å². The van der Waals surface area contributed by atoms with Crippen molar-refractivity contribution >= 4 is 15.9 Å². The van der Waals surface area contributed by atoms with Crippen LogP contribution < -0.4 is 0 Å². The standard InChI is InChI=1S/C14H9BrF4O/c15-10-4-1-8(2-5-10)13(20)11-7-9(14(17,18)19)3-6-12(11)16/h1-7,13,20H. The molecule has 0 saturated heterocycles. The van der Waals surface area contributed by atoms with Gasteiger partial charge in [-0.3, -0.25) is 0 Å². The summed E-state index contributed by atoms with van der Waals surface area (Å²) < 4.78 is 52.2. The fourth-order valence-corrected chi connectivity index (χ4v) is 2.02. The third kappa shape index (κ3) is 3.19. The zero-order valence-corrected chi connectivity index (χ0v) is 11.5. The molecule has 0 aliphatic heterocycles. The number of aliphatic hydroxyl groups excluding tert-OH is 1. The number of alkyl halides is 3. The van der Waals surface area contributed by atoms with Gasteiger partial charge in [-0.2, -0.15) is 13.2 Å². The lowest BCUT2D eigenvalue weighted by Crippen LogP contribution is -2.09. The first kappa shape index (κ1) is 15.0. The summed E-state index contributed by atoms with van der Waals surface area (Å²) in [5.74, 6) is -0.881. The molecule has 0 aromatic heterocycles. The lowest BCUT2D eigenvalue weighted by atomic mass is 9.99. The monoisotopic (exact) mass is 348 g/mol. The minimum Gasteiger partial charge on any atom is -0.384 e. The topological polar surface area (TPSA) is 20.2 Å². The van der Waals surface area contributed by atoms with Crippen LogP contribution in [0.1, 0.15) is 22.8 Å². The number of hydrogen-bond donors (Lipinski definition) is 1. The van der Waals surface area contributed by atoms with Gasteiger partial charge in [0.1, 0.15) is 11.9 Å². The van der Waals surface area contributed by atoms with E-state index in [0.29, 0.717) is 23.8 Å². The van der Waals surface area contributed by atoms with Gasteiger partial charge in [0.2, 0.25) is 0 Å². The fourth-order valence-electron chi connectivity index (χ4n) is 1.75. The molecule has 1 atom stereocenters. The summed E-state index contributed by atoms with van der Waals surface area (Å²) in [5.41, 5.74) is -1.08. The highest BCUT2D eigenvalue weighted by Gasteiger charge is 2.32. The summed E-state index contributed by atoms with van der Waals surface area (Å²) in [5, 5.41) is 10.0. The Balaban J connectivity index is 2.43. The van der Waals surface area contributed by atoms with Crippen LogP contribution in [0.3, 0.4) is 0 Å². The maximum atomic E-state index is 13.6. The Morgan fingerprint density at radius 1 is 1.00 bits per heavy atom. The van der Waals surface area contributed by atoms with Crippen LogP contribution in [0.15, 0.2) is 46.9 Å². The van der Waals surface area contributed by atoms with Crippen LogP contribution in [0.2, 0.25) is 0 Å². The van der Waals surface area contributed by atoms with Crippen molar-refractivity contribution in [2.75, 3.05) is 0 Å². The second kappa shape index (κ2) is 5.54. The van der Waals surface area contributed by atoms with Gasteiger partial charge in [0.15, 0.2) is 0 Å². The molecular formula is C14H9BrF4O. The first-order chi connectivity index (χ1) is 9.29. The Morgan fingerprint density at radius 2 is 1.60 bits per heavy atom. The normalized spacial score (nSPS) is 13.3. The Labute approximate surface area is 121 Å². The van der Waals surface area contributed by atoms with Crippen molar-refractivity contribution in [3.63, 3.8) is 0 Å². The van der Waals surface area contributed by atoms with E-state index in [2.05, 4.69) is 15.9 Å². The zero-order valence-electron chi connectivity index (χ0n) is 9.96. The van der Waals surface area contributed by atoms with Crippen LogP contribution in [-0.4, -0.2) is 5.11 Å². The summed E-state index contributed by atoms with van der Waals surface area (Å²) >= 11 is 3.20. The van der Waals surface area contributed by atoms with Crippen LogP contribution in [0, 0.1) is 5.82 Å². The highest BCUT2D eigenvalue weighted by Crippen LogP contribution is 2.33. The van der Waals surface area contributed by atoms with E-state index in [4.69, 9.17) is 0 Å². The molecule has 0 aliphatic carbocycles. The van der Waals surface area contributed by atoms with Gasteiger partial charge in [0.05, 0.1) is 5.56 Å². The van der Waals surface area contributed by atoms with Gasteiger partial charge < -0.3 is 5.11 Å². The number of halogens is 5. The van der Waals surface area contributed by atoms with E-state index in [1.165, 1.54) is 12.1 Å². The Kier molecular flexibility index (Phi) is 4.15. The van der Waals surface area contributed by atoms with E-state index >= 15 is 0 Å². The Bertz CT molecular complexity index is 608. The van der Waals surface area contributed by atoms with Crippen LogP contribution >= 0.6 is 15.9 Å². The van der Waals surface area contributed by atoms with E-state index < -0.39 is 29.2 Å². The molecule has 2 rings (SSSR count). The molecular weight excluding hydrogens is 340 g/mol. The molecule has 2 aromatic carbocycles. The largest absolute Gasteiger partial charge is 0.416 e. The number of aliphatic hydroxyl groups is 1. The average molecular weight is 349 g/mol. The number of rotatable bonds is 2. The van der Waals surface area contributed by atoms with Gasteiger partial charge in [0, 0.05) is 10.0 Å².